The van der Waals surface area contributed by atoms with Crippen LogP contribution in [0.1, 0.15) is 22.0 Å². The third kappa shape index (κ3) is 5.16. The second kappa shape index (κ2) is 10.3. The van der Waals surface area contributed by atoms with Crippen molar-refractivity contribution >= 4 is 35.3 Å². The summed E-state index contributed by atoms with van der Waals surface area (Å²) in [5.41, 5.74) is 0.975. The summed E-state index contributed by atoms with van der Waals surface area (Å²) in [7, 11) is -3.42. The Morgan fingerprint density at radius 2 is 1.18 bits per heavy atom. The van der Waals surface area contributed by atoms with Crippen LogP contribution in [0.3, 0.4) is 0 Å². The zero-order valence-corrected chi connectivity index (χ0v) is 19.4. The smallest absolute Gasteiger partial charge is 0.205 e. The third-order valence-corrected chi connectivity index (χ3v) is 8.38. The number of ketones is 1. The summed E-state index contributed by atoms with van der Waals surface area (Å²) in [5.74, 6) is -0.485. The first kappa shape index (κ1) is 23.2. The highest BCUT2D eigenvalue weighted by Crippen LogP contribution is 2.42. The van der Waals surface area contributed by atoms with Crippen molar-refractivity contribution in [2.75, 3.05) is 0 Å². The Kier molecular flexibility index (Phi) is 7.22. The van der Waals surface area contributed by atoms with Crippen molar-refractivity contribution in [2.45, 2.75) is 12.1 Å². The SMILES string of the molecule is O=C(c1ccc(Cl)cc1)[C@H](O)[C@@H](NP(=O)(c1ccccc1)c1ccccc1)c1ccccc1. The highest BCUT2D eigenvalue weighted by Gasteiger charge is 2.36. The maximum atomic E-state index is 14.6. The number of nitrogens with one attached hydrogen (secondary N) is 1. The first-order valence-electron chi connectivity index (χ1n) is 10.5. The minimum Gasteiger partial charge on any atom is -0.383 e. The molecule has 0 spiro atoms. The average molecular weight is 476 g/mol. The van der Waals surface area contributed by atoms with E-state index in [-0.39, 0.29) is 0 Å². The molecule has 0 heterocycles. The molecule has 0 amide bonds. The Morgan fingerprint density at radius 3 is 1.67 bits per heavy atom. The number of rotatable bonds is 8. The first-order valence-corrected chi connectivity index (χ1v) is 12.6. The van der Waals surface area contributed by atoms with Crippen molar-refractivity contribution in [1.82, 2.24) is 5.09 Å². The highest BCUT2D eigenvalue weighted by molar-refractivity contribution is 7.76. The van der Waals surface area contributed by atoms with E-state index in [4.69, 9.17) is 11.6 Å². The van der Waals surface area contributed by atoms with Gasteiger partial charge in [0, 0.05) is 21.2 Å². The molecule has 0 bridgehead atoms. The minimum atomic E-state index is -3.42. The van der Waals surface area contributed by atoms with Gasteiger partial charge in [-0.3, -0.25) is 9.36 Å². The number of Topliss-reactive ketones (excluding diaryl/α,β-unsaturated/α-hetero) is 1. The fraction of sp³-hybridized carbons (Fsp3) is 0.0741. The van der Waals surface area contributed by atoms with Crippen LogP contribution < -0.4 is 15.7 Å². The van der Waals surface area contributed by atoms with Gasteiger partial charge in [-0.05, 0) is 54.1 Å². The number of aliphatic hydroxyl groups excluding tert-OH is 1. The molecule has 2 atom stereocenters. The lowest BCUT2D eigenvalue weighted by molar-refractivity contribution is 0.0679. The van der Waals surface area contributed by atoms with Gasteiger partial charge >= 0.3 is 0 Å². The maximum absolute atomic E-state index is 14.6. The Labute approximate surface area is 198 Å². The second-order valence-electron chi connectivity index (χ2n) is 7.61. The third-order valence-electron chi connectivity index (χ3n) is 5.43. The van der Waals surface area contributed by atoms with Crippen LogP contribution in [0.4, 0.5) is 0 Å². The van der Waals surface area contributed by atoms with Gasteiger partial charge in [-0.1, -0.05) is 78.3 Å². The summed E-state index contributed by atoms with van der Waals surface area (Å²) in [4.78, 5) is 13.2. The molecule has 2 N–H and O–H groups in total. The van der Waals surface area contributed by atoms with Gasteiger partial charge in [-0.2, -0.15) is 0 Å². The van der Waals surface area contributed by atoms with Gasteiger partial charge < -0.3 is 5.11 Å². The quantitative estimate of drug-likeness (QED) is 0.273. The lowest BCUT2D eigenvalue weighted by Gasteiger charge is -2.30. The molecule has 4 rings (SSSR count). The standard InChI is InChI=1S/C27H23ClNO3P/c28-22-18-16-21(17-19-22)26(30)27(31)25(20-10-4-1-5-11-20)29-33(32,23-12-6-2-7-13-23)24-14-8-3-9-15-24/h1-19,25,27,31H,(H,29,32)/t25-,27+/m0/s1. The van der Waals surface area contributed by atoms with Gasteiger partial charge in [0.05, 0.1) is 6.04 Å². The fourth-order valence-electron chi connectivity index (χ4n) is 3.69. The van der Waals surface area contributed by atoms with Gasteiger partial charge in [-0.25, -0.2) is 5.09 Å². The normalized spacial score (nSPS) is 13.3. The summed E-state index contributed by atoms with van der Waals surface area (Å²) >= 11 is 5.95. The molecule has 4 nitrogen and oxygen atoms in total. The molecule has 0 fully saturated rings. The van der Waals surface area contributed by atoms with E-state index in [1.165, 1.54) is 0 Å². The number of hydrogen-bond acceptors (Lipinski definition) is 3. The molecule has 0 aliphatic rings. The van der Waals surface area contributed by atoms with Gasteiger partial charge in [0.25, 0.3) is 0 Å². The molecule has 0 radical (unpaired) electrons. The van der Waals surface area contributed by atoms with Crippen LogP contribution in [0.2, 0.25) is 5.02 Å². The monoisotopic (exact) mass is 475 g/mol. The van der Waals surface area contributed by atoms with Crippen molar-refractivity contribution in [3.63, 3.8) is 0 Å². The Bertz CT molecular complexity index is 1210. The lowest BCUT2D eigenvalue weighted by Crippen LogP contribution is -2.40. The number of halogens is 1. The Balaban J connectivity index is 1.79. The van der Waals surface area contributed by atoms with Gasteiger partial charge in [-0.15, -0.1) is 0 Å². The van der Waals surface area contributed by atoms with E-state index in [0.29, 0.717) is 26.8 Å². The van der Waals surface area contributed by atoms with E-state index in [9.17, 15) is 14.5 Å². The summed E-state index contributed by atoms with van der Waals surface area (Å²) in [5, 5.41) is 16.1. The largest absolute Gasteiger partial charge is 0.383 e. The van der Waals surface area contributed by atoms with Crippen LogP contribution in [0.15, 0.2) is 115 Å². The van der Waals surface area contributed by atoms with E-state index in [1.807, 2.05) is 54.6 Å². The summed E-state index contributed by atoms with van der Waals surface area (Å²) < 4.78 is 14.6. The molecule has 4 aromatic rings. The molecule has 0 saturated heterocycles. The van der Waals surface area contributed by atoms with Crippen LogP contribution in [-0.2, 0) is 4.57 Å². The van der Waals surface area contributed by atoms with Crippen LogP contribution in [-0.4, -0.2) is 17.0 Å². The molecule has 0 aliphatic heterocycles. The van der Waals surface area contributed by atoms with Crippen LogP contribution >= 0.6 is 18.9 Å². The number of carbonyl (C=O) groups is 1. The second-order valence-corrected chi connectivity index (χ2v) is 10.6. The van der Waals surface area contributed by atoms with Gasteiger partial charge in [0.2, 0.25) is 7.29 Å². The molecular weight excluding hydrogens is 453 g/mol. The number of carbonyl (C=O) groups excluding carboxylic acids is 1. The van der Waals surface area contributed by atoms with Crippen molar-refractivity contribution < 1.29 is 14.5 Å². The zero-order valence-electron chi connectivity index (χ0n) is 17.7. The summed E-state index contributed by atoms with van der Waals surface area (Å²) in [6.07, 6.45) is -1.48. The van der Waals surface area contributed by atoms with E-state index < -0.39 is 25.2 Å². The molecule has 33 heavy (non-hydrogen) atoms. The minimum absolute atomic E-state index is 0.323. The van der Waals surface area contributed by atoms with E-state index >= 15 is 0 Å². The molecule has 0 unspecified atom stereocenters. The topological polar surface area (TPSA) is 66.4 Å². The molecule has 0 aliphatic carbocycles. The van der Waals surface area contributed by atoms with Crippen LogP contribution in [0.5, 0.6) is 0 Å². The Hall–Kier alpha value is -3.01. The van der Waals surface area contributed by atoms with Gasteiger partial charge in [0.15, 0.2) is 5.78 Å². The van der Waals surface area contributed by atoms with Crippen LogP contribution in [0, 0.1) is 0 Å². The molecule has 0 aromatic heterocycles. The highest BCUT2D eigenvalue weighted by atomic mass is 35.5. The molecule has 166 valence electrons. The van der Waals surface area contributed by atoms with E-state index in [2.05, 4.69) is 5.09 Å². The molecule has 4 aromatic carbocycles. The van der Waals surface area contributed by atoms with E-state index in [0.717, 1.165) is 0 Å². The van der Waals surface area contributed by atoms with Crippen molar-refractivity contribution in [3.05, 3.63) is 131 Å². The number of hydrogen-bond donors (Lipinski definition) is 2. The summed E-state index contributed by atoms with van der Waals surface area (Å²) in [6.45, 7) is 0. The van der Waals surface area contributed by atoms with Crippen molar-refractivity contribution in [2.24, 2.45) is 0 Å². The fourth-order valence-corrected chi connectivity index (χ4v) is 6.28. The summed E-state index contributed by atoms with van der Waals surface area (Å²) in [6, 6.07) is 32.7. The van der Waals surface area contributed by atoms with Crippen molar-refractivity contribution in [1.29, 1.82) is 0 Å². The van der Waals surface area contributed by atoms with Gasteiger partial charge in [0.1, 0.15) is 6.10 Å². The lowest BCUT2D eigenvalue weighted by atomic mass is 9.96. The maximum Gasteiger partial charge on any atom is 0.205 e. The van der Waals surface area contributed by atoms with Crippen molar-refractivity contribution in [3.8, 4) is 0 Å². The molecular formula is C27H23ClNO3P. The zero-order chi connectivity index (χ0) is 23.3. The van der Waals surface area contributed by atoms with Crippen LogP contribution in [0.25, 0.3) is 0 Å². The Morgan fingerprint density at radius 1 is 0.727 bits per heavy atom. The number of benzene rings is 4. The average Bonchev–Trinajstić information content (AvgIpc) is 2.88. The predicted octanol–water partition coefficient (Wildman–Crippen LogP) is 5.14. The predicted molar refractivity (Wildman–Crippen MR) is 134 cm³/mol. The first-order chi connectivity index (χ1) is 16.0. The molecule has 6 heteroatoms. The molecule has 0 saturated carbocycles. The van der Waals surface area contributed by atoms with E-state index in [1.54, 1.807) is 60.7 Å². The number of aliphatic hydroxyl groups is 1.